The number of anilines is 1. The molecule has 144 valence electrons. The molecule has 0 aromatic heterocycles. The van der Waals surface area contributed by atoms with Crippen molar-refractivity contribution < 1.29 is 9.59 Å². The van der Waals surface area contributed by atoms with Crippen LogP contribution in [0.4, 0.5) is 5.69 Å². The largest absolute Gasteiger partial charge is 0.365 e. The van der Waals surface area contributed by atoms with Gasteiger partial charge in [-0.1, -0.05) is 30.3 Å². The van der Waals surface area contributed by atoms with Gasteiger partial charge in [-0.3, -0.25) is 14.5 Å². The fourth-order valence-electron chi connectivity index (χ4n) is 3.30. The van der Waals surface area contributed by atoms with Crippen molar-refractivity contribution in [3.63, 3.8) is 0 Å². The highest BCUT2D eigenvalue weighted by Gasteiger charge is 2.23. The molecule has 0 bridgehead atoms. The number of amides is 2. The van der Waals surface area contributed by atoms with Crippen molar-refractivity contribution in [1.82, 2.24) is 14.7 Å². The van der Waals surface area contributed by atoms with Crippen LogP contribution in [0, 0.1) is 0 Å². The first-order chi connectivity index (χ1) is 12.9. The summed E-state index contributed by atoms with van der Waals surface area (Å²) in [5.74, 6) is 0.232. The van der Waals surface area contributed by atoms with Crippen LogP contribution in [0.3, 0.4) is 0 Å². The van der Waals surface area contributed by atoms with Crippen molar-refractivity contribution in [2.75, 3.05) is 65.3 Å². The van der Waals surface area contributed by atoms with E-state index in [1.54, 1.807) is 19.0 Å². The van der Waals surface area contributed by atoms with E-state index in [1.165, 1.54) is 10.8 Å². The molecule has 3 rings (SSSR count). The van der Waals surface area contributed by atoms with E-state index < -0.39 is 0 Å². The molecule has 27 heavy (non-hydrogen) atoms. The maximum atomic E-state index is 12.7. The minimum Gasteiger partial charge on any atom is -0.365 e. The third-order valence-electron chi connectivity index (χ3n) is 5.13. The van der Waals surface area contributed by atoms with Gasteiger partial charge >= 0.3 is 0 Å². The molecule has 0 aliphatic carbocycles. The molecule has 0 atom stereocenters. The van der Waals surface area contributed by atoms with Crippen LogP contribution < -0.4 is 4.90 Å². The molecule has 0 saturated carbocycles. The summed E-state index contributed by atoms with van der Waals surface area (Å²) in [6.07, 6.45) is 0. The third kappa shape index (κ3) is 4.77. The van der Waals surface area contributed by atoms with Crippen LogP contribution in [0.15, 0.2) is 42.5 Å². The molecular weight excluding hydrogens is 340 g/mol. The Hall–Kier alpha value is -2.60. The zero-order chi connectivity index (χ0) is 19.4. The van der Waals surface area contributed by atoms with Crippen LogP contribution in [0.5, 0.6) is 0 Å². The molecule has 0 N–H and O–H groups in total. The summed E-state index contributed by atoms with van der Waals surface area (Å²) < 4.78 is 0. The first kappa shape index (κ1) is 19.2. The molecule has 2 aromatic rings. The normalized spacial score (nSPS) is 15.0. The smallest absolute Gasteiger partial charge is 0.242 e. The lowest BCUT2D eigenvalue weighted by molar-refractivity contribution is -0.133. The minimum atomic E-state index is 0.103. The van der Waals surface area contributed by atoms with Crippen molar-refractivity contribution in [2.24, 2.45) is 0 Å². The number of piperazine rings is 1. The Morgan fingerprint density at radius 2 is 1.59 bits per heavy atom. The highest BCUT2D eigenvalue weighted by Crippen LogP contribution is 2.21. The summed E-state index contributed by atoms with van der Waals surface area (Å²) in [6, 6.07) is 14.5. The molecule has 1 aliphatic rings. The van der Waals surface area contributed by atoms with Crippen LogP contribution in [0.25, 0.3) is 10.8 Å². The zero-order valence-electron chi connectivity index (χ0n) is 16.4. The Bertz CT molecular complexity index is 813. The first-order valence-corrected chi connectivity index (χ1v) is 9.34. The number of hydrogen-bond donors (Lipinski definition) is 0. The predicted octanol–water partition coefficient (Wildman–Crippen LogP) is 1.51. The van der Waals surface area contributed by atoms with Crippen LogP contribution in [0.1, 0.15) is 0 Å². The number of fused-ring (bicyclic) bond motifs is 1. The van der Waals surface area contributed by atoms with Gasteiger partial charge in [-0.2, -0.15) is 0 Å². The summed E-state index contributed by atoms with van der Waals surface area (Å²) in [5, 5.41) is 2.37. The summed E-state index contributed by atoms with van der Waals surface area (Å²) in [6.45, 7) is 3.60. The lowest BCUT2D eigenvalue weighted by Gasteiger charge is -2.35. The fourth-order valence-corrected chi connectivity index (χ4v) is 3.30. The Balaban J connectivity index is 1.53. The first-order valence-electron chi connectivity index (χ1n) is 9.34. The fraction of sp³-hybridized carbons (Fsp3) is 0.429. The van der Waals surface area contributed by atoms with Crippen molar-refractivity contribution in [2.45, 2.75) is 0 Å². The number of carbonyl (C=O) groups excluding carboxylic acids is 2. The quantitative estimate of drug-likeness (QED) is 0.803. The van der Waals surface area contributed by atoms with Gasteiger partial charge in [0.05, 0.1) is 13.1 Å². The average Bonchev–Trinajstić information content (AvgIpc) is 2.68. The van der Waals surface area contributed by atoms with E-state index in [4.69, 9.17) is 0 Å². The number of hydrogen-bond acceptors (Lipinski definition) is 4. The van der Waals surface area contributed by atoms with Crippen molar-refractivity contribution in [3.05, 3.63) is 42.5 Å². The van der Waals surface area contributed by atoms with Gasteiger partial charge in [0.2, 0.25) is 11.8 Å². The molecule has 2 aromatic carbocycles. The standard InChI is InChI=1S/C21H28N4O2/c1-22(2)20(26)16-24-10-12-25(13-11-24)21(27)15-23(3)19-9-8-17-6-4-5-7-18(17)14-19/h4-9,14H,10-13,15-16H2,1-3H3. The van der Waals surface area contributed by atoms with E-state index in [1.807, 2.05) is 29.0 Å². The predicted molar refractivity (Wildman–Crippen MR) is 109 cm³/mol. The van der Waals surface area contributed by atoms with E-state index in [2.05, 4.69) is 35.2 Å². The molecule has 1 aliphatic heterocycles. The third-order valence-corrected chi connectivity index (χ3v) is 5.13. The van der Waals surface area contributed by atoms with Crippen LogP contribution in [-0.4, -0.2) is 86.9 Å². The maximum absolute atomic E-state index is 12.7. The molecule has 1 fully saturated rings. The number of benzene rings is 2. The molecule has 2 amide bonds. The molecule has 0 radical (unpaired) electrons. The molecular formula is C21H28N4O2. The van der Waals surface area contributed by atoms with Gasteiger partial charge in [-0.25, -0.2) is 0 Å². The average molecular weight is 368 g/mol. The van der Waals surface area contributed by atoms with Crippen LogP contribution in [0.2, 0.25) is 0 Å². The van der Waals surface area contributed by atoms with Crippen molar-refractivity contribution in [3.8, 4) is 0 Å². The lowest BCUT2D eigenvalue weighted by atomic mass is 10.1. The van der Waals surface area contributed by atoms with Gasteiger partial charge in [0.25, 0.3) is 0 Å². The Kier molecular flexibility index (Phi) is 5.96. The van der Waals surface area contributed by atoms with Gasteiger partial charge in [-0.15, -0.1) is 0 Å². The number of carbonyl (C=O) groups is 2. The molecule has 1 heterocycles. The number of nitrogens with zero attached hydrogens (tertiary/aromatic N) is 4. The minimum absolute atomic E-state index is 0.103. The Labute approximate surface area is 160 Å². The molecule has 1 saturated heterocycles. The molecule has 6 nitrogen and oxygen atoms in total. The summed E-state index contributed by atoms with van der Waals surface area (Å²) >= 11 is 0. The maximum Gasteiger partial charge on any atom is 0.242 e. The topological polar surface area (TPSA) is 47.1 Å². The second kappa shape index (κ2) is 8.39. The second-order valence-electron chi connectivity index (χ2n) is 7.33. The summed E-state index contributed by atoms with van der Waals surface area (Å²) in [4.78, 5) is 32.1. The van der Waals surface area contributed by atoms with E-state index in [-0.39, 0.29) is 11.8 Å². The van der Waals surface area contributed by atoms with E-state index in [0.717, 1.165) is 18.8 Å². The summed E-state index contributed by atoms with van der Waals surface area (Å²) in [7, 11) is 5.49. The van der Waals surface area contributed by atoms with Gasteiger partial charge in [0.15, 0.2) is 0 Å². The molecule has 0 spiro atoms. The number of likely N-dealkylation sites (N-methyl/N-ethyl adjacent to an activating group) is 2. The van der Waals surface area contributed by atoms with Gasteiger partial charge < -0.3 is 14.7 Å². The highest BCUT2D eigenvalue weighted by molar-refractivity contribution is 5.87. The van der Waals surface area contributed by atoms with E-state index in [0.29, 0.717) is 26.2 Å². The SMILES string of the molecule is CN(C)C(=O)CN1CCN(C(=O)CN(C)c2ccc3ccccc3c2)CC1. The Morgan fingerprint density at radius 1 is 0.926 bits per heavy atom. The molecule has 0 unspecified atom stereocenters. The Morgan fingerprint density at radius 3 is 2.26 bits per heavy atom. The second-order valence-corrected chi connectivity index (χ2v) is 7.33. The highest BCUT2D eigenvalue weighted by atomic mass is 16.2. The monoisotopic (exact) mass is 368 g/mol. The van der Waals surface area contributed by atoms with Crippen LogP contribution >= 0.6 is 0 Å². The van der Waals surface area contributed by atoms with Crippen molar-refractivity contribution >= 4 is 28.3 Å². The van der Waals surface area contributed by atoms with Gasteiger partial charge in [0, 0.05) is 53.0 Å². The van der Waals surface area contributed by atoms with Gasteiger partial charge in [-0.05, 0) is 22.9 Å². The van der Waals surface area contributed by atoms with Crippen molar-refractivity contribution in [1.29, 1.82) is 0 Å². The number of rotatable bonds is 5. The molecule has 6 heteroatoms. The van der Waals surface area contributed by atoms with Gasteiger partial charge in [0.1, 0.15) is 0 Å². The lowest BCUT2D eigenvalue weighted by Crippen LogP contribution is -2.52. The summed E-state index contributed by atoms with van der Waals surface area (Å²) in [5.41, 5.74) is 1.04. The van der Waals surface area contributed by atoms with Crippen LogP contribution in [-0.2, 0) is 9.59 Å². The van der Waals surface area contributed by atoms with E-state index in [9.17, 15) is 9.59 Å². The van der Waals surface area contributed by atoms with E-state index >= 15 is 0 Å². The zero-order valence-corrected chi connectivity index (χ0v) is 16.4.